The fourth-order valence-electron chi connectivity index (χ4n) is 2.79. The van der Waals surface area contributed by atoms with Crippen molar-refractivity contribution in [1.29, 1.82) is 0 Å². The van der Waals surface area contributed by atoms with Gasteiger partial charge in [-0.15, -0.1) is 0 Å². The molecule has 2 N–H and O–H groups in total. The zero-order chi connectivity index (χ0) is 16.6. The summed E-state index contributed by atoms with van der Waals surface area (Å²) in [5.74, 6) is -2.86. The molecule has 0 saturated carbocycles. The first-order valence-electron chi connectivity index (χ1n) is 7.26. The van der Waals surface area contributed by atoms with Gasteiger partial charge in [-0.1, -0.05) is 42.5 Å². The number of aliphatic hydroxyl groups excluding tert-OH is 1. The molecule has 3 rings (SSSR count). The Morgan fingerprint density at radius 2 is 1.74 bits per heavy atom. The Morgan fingerprint density at radius 1 is 1.04 bits per heavy atom. The van der Waals surface area contributed by atoms with E-state index in [1.54, 1.807) is 42.5 Å². The highest BCUT2D eigenvalue weighted by Crippen LogP contribution is 2.34. The van der Waals surface area contributed by atoms with Crippen molar-refractivity contribution in [2.75, 3.05) is 5.32 Å². The van der Waals surface area contributed by atoms with Crippen LogP contribution in [0.3, 0.4) is 0 Å². The lowest BCUT2D eigenvalue weighted by Gasteiger charge is -2.12. The molecule has 0 spiro atoms. The molecule has 0 heterocycles. The smallest absolute Gasteiger partial charge is 0.184 e. The molecular formula is C18H15NO4. The lowest BCUT2D eigenvalue weighted by molar-refractivity contribution is 0.0756. The van der Waals surface area contributed by atoms with Gasteiger partial charge in [-0.25, -0.2) is 0 Å². The first-order valence-corrected chi connectivity index (χ1v) is 7.26. The van der Waals surface area contributed by atoms with Crippen LogP contribution in [0.4, 0.5) is 5.69 Å². The van der Waals surface area contributed by atoms with Crippen molar-refractivity contribution < 1.29 is 19.5 Å². The van der Waals surface area contributed by atoms with Gasteiger partial charge in [0.25, 0.3) is 0 Å². The standard InChI is InChI=1S/C18H15NO4/c1-10(20)19-13-9-5-8-12-14(13)18(23)15(17(12)22)16(21)11-6-3-2-4-7-11/h2-10,15,19-20H,1H3. The van der Waals surface area contributed by atoms with Crippen LogP contribution in [-0.4, -0.2) is 28.7 Å². The Bertz CT molecular complexity index is 796. The number of nitrogens with one attached hydrogen (secondary N) is 1. The summed E-state index contributed by atoms with van der Waals surface area (Å²) in [6.45, 7) is 1.51. The predicted octanol–water partition coefficient (Wildman–Crippen LogP) is 2.31. The first kappa shape index (κ1) is 15.1. The van der Waals surface area contributed by atoms with Crippen LogP contribution >= 0.6 is 0 Å². The van der Waals surface area contributed by atoms with E-state index in [0.717, 1.165) is 0 Å². The molecule has 0 aromatic heterocycles. The summed E-state index contributed by atoms with van der Waals surface area (Å²) in [6.07, 6.45) is -0.881. The molecule has 2 aromatic rings. The van der Waals surface area contributed by atoms with Crippen LogP contribution < -0.4 is 5.32 Å². The third-order valence-electron chi connectivity index (χ3n) is 3.79. The summed E-state index contributed by atoms with van der Waals surface area (Å²) in [6, 6.07) is 13.0. The molecule has 0 aliphatic heterocycles. The average molecular weight is 309 g/mol. The normalized spacial score (nSPS) is 17.7. The molecule has 5 heteroatoms. The Hall–Kier alpha value is -2.79. The van der Waals surface area contributed by atoms with Crippen LogP contribution in [0, 0.1) is 5.92 Å². The minimum Gasteiger partial charge on any atom is -0.374 e. The SMILES string of the molecule is CC(O)Nc1cccc2c1C(=O)C(C(=O)c1ccccc1)C2=O. The molecule has 1 aliphatic carbocycles. The van der Waals surface area contributed by atoms with E-state index >= 15 is 0 Å². The molecule has 1 aliphatic rings. The average Bonchev–Trinajstić information content (AvgIpc) is 2.79. The van der Waals surface area contributed by atoms with Gasteiger partial charge in [-0.05, 0) is 13.0 Å². The summed E-state index contributed by atoms with van der Waals surface area (Å²) in [5, 5.41) is 12.2. The summed E-state index contributed by atoms with van der Waals surface area (Å²) in [7, 11) is 0. The Kier molecular flexibility index (Phi) is 3.80. The number of benzene rings is 2. The van der Waals surface area contributed by atoms with Gasteiger partial charge in [0.2, 0.25) is 0 Å². The Balaban J connectivity index is 2.03. The largest absolute Gasteiger partial charge is 0.374 e. The van der Waals surface area contributed by atoms with E-state index < -0.39 is 29.5 Å². The van der Waals surface area contributed by atoms with Crippen molar-refractivity contribution >= 4 is 23.0 Å². The van der Waals surface area contributed by atoms with Gasteiger partial charge in [-0.3, -0.25) is 14.4 Å². The van der Waals surface area contributed by atoms with E-state index in [9.17, 15) is 19.5 Å². The fourth-order valence-corrected chi connectivity index (χ4v) is 2.79. The maximum atomic E-state index is 12.7. The number of hydrogen-bond acceptors (Lipinski definition) is 5. The molecule has 0 amide bonds. The quantitative estimate of drug-likeness (QED) is 0.514. The highest BCUT2D eigenvalue weighted by atomic mass is 16.3. The van der Waals surface area contributed by atoms with Crippen molar-refractivity contribution in [2.45, 2.75) is 13.2 Å². The molecule has 2 unspecified atom stereocenters. The van der Waals surface area contributed by atoms with E-state index in [-0.39, 0.29) is 11.1 Å². The highest BCUT2D eigenvalue weighted by molar-refractivity contribution is 6.39. The minimum absolute atomic E-state index is 0.174. The fraction of sp³-hybridized carbons (Fsp3) is 0.167. The number of fused-ring (bicyclic) bond motifs is 1. The zero-order valence-electron chi connectivity index (χ0n) is 12.4. The first-order chi connectivity index (χ1) is 11.0. The van der Waals surface area contributed by atoms with E-state index in [1.165, 1.54) is 13.0 Å². The maximum Gasteiger partial charge on any atom is 0.184 e. The molecule has 0 radical (unpaired) electrons. The summed E-state index contributed by atoms with van der Waals surface area (Å²) in [5.41, 5.74) is 1.08. The molecular weight excluding hydrogens is 294 g/mol. The predicted molar refractivity (Wildman–Crippen MR) is 84.7 cm³/mol. The topological polar surface area (TPSA) is 83.5 Å². The number of rotatable bonds is 4. The number of aliphatic hydroxyl groups is 1. The summed E-state index contributed by atoms with van der Waals surface area (Å²) < 4.78 is 0. The molecule has 0 saturated heterocycles. The summed E-state index contributed by atoms with van der Waals surface area (Å²) >= 11 is 0. The minimum atomic E-state index is -1.34. The van der Waals surface area contributed by atoms with Crippen LogP contribution in [0.25, 0.3) is 0 Å². The van der Waals surface area contributed by atoms with Crippen molar-refractivity contribution in [2.24, 2.45) is 5.92 Å². The van der Waals surface area contributed by atoms with Crippen LogP contribution in [-0.2, 0) is 0 Å². The Morgan fingerprint density at radius 3 is 2.39 bits per heavy atom. The third kappa shape index (κ3) is 2.55. The third-order valence-corrected chi connectivity index (χ3v) is 3.79. The van der Waals surface area contributed by atoms with Crippen molar-refractivity contribution in [1.82, 2.24) is 0 Å². The van der Waals surface area contributed by atoms with Crippen LogP contribution in [0.5, 0.6) is 0 Å². The maximum absolute atomic E-state index is 12.7. The number of anilines is 1. The van der Waals surface area contributed by atoms with E-state index in [2.05, 4.69) is 5.32 Å². The molecule has 2 aromatic carbocycles. The Labute approximate surface area is 133 Å². The van der Waals surface area contributed by atoms with Gasteiger partial charge < -0.3 is 10.4 Å². The van der Waals surface area contributed by atoms with Crippen molar-refractivity contribution in [3.63, 3.8) is 0 Å². The van der Waals surface area contributed by atoms with Gasteiger partial charge in [0.1, 0.15) is 12.1 Å². The van der Waals surface area contributed by atoms with Crippen molar-refractivity contribution in [3.05, 3.63) is 65.2 Å². The second-order valence-electron chi connectivity index (χ2n) is 5.44. The second kappa shape index (κ2) is 5.78. The molecule has 116 valence electrons. The highest BCUT2D eigenvalue weighted by Gasteiger charge is 2.44. The number of hydrogen-bond donors (Lipinski definition) is 2. The molecule has 23 heavy (non-hydrogen) atoms. The lowest BCUT2D eigenvalue weighted by atomic mass is 9.93. The second-order valence-corrected chi connectivity index (χ2v) is 5.44. The van der Waals surface area contributed by atoms with E-state index in [1.807, 2.05) is 0 Å². The molecule has 0 fully saturated rings. The van der Waals surface area contributed by atoms with Gasteiger partial charge in [0, 0.05) is 16.8 Å². The zero-order valence-corrected chi connectivity index (χ0v) is 12.4. The molecule has 5 nitrogen and oxygen atoms in total. The summed E-state index contributed by atoms with van der Waals surface area (Å²) in [4.78, 5) is 37.7. The van der Waals surface area contributed by atoms with Crippen LogP contribution in [0.15, 0.2) is 48.5 Å². The number of carbonyl (C=O) groups excluding carboxylic acids is 3. The van der Waals surface area contributed by atoms with E-state index in [4.69, 9.17) is 0 Å². The lowest BCUT2D eigenvalue weighted by Crippen LogP contribution is -2.26. The van der Waals surface area contributed by atoms with Gasteiger partial charge in [-0.2, -0.15) is 0 Å². The monoisotopic (exact) mass is 309 g/mol. The molecule has 2 atom stereocenters. The number of ketones is 3. The van der Waals surface area contributed by atoms with Crippen LogP contribution in [0.2, 0.25) is 0 Å². The van der Waals surface area contributed by atoms with Gasteiger partial charge >= 0.3 is 0 Å². The van der Waals surface area contributed by atoms with Gasteiger partial charge in [0.15, 0.2) is 17.3 Å². The van der Waals surface area contributed by atoms with Gasteiger partial charge in [0.05, 0.1) is 5.56 Å². The number of Topliss-reactive ketones (excluding diaryl/α,β-unsaturated/α-hetero) is 3. The van der Waals surface area contributed by atoms with Crippen molar-refractivity contribution in [3.8, 4) is 0 Å². The number of carbonyl (C=O) groups is 3. The van der Waals surface area contributed by atoms with E-state index in [0.29, 0.717) is 11.3 Å². The molecule has 0 bridgehead atoms. The van der Waals surface area contributed by atoms with Crippen LogP contribution in [0.1, 0.15) is 38.0 Å².